The van der Waals surface area contributed by atoms with E-state index < -0.39 is 9.84 Å². The van der Waals surface area contributed by atoms with E-state index in [2.05, 4.69) is 9.97 Å². The van der Waals surface area contributed by atoms with Gasteiger partial charge in [-0.15, -0.1) is 11.3 Å². The molecule has 7 heteroatoms. The topological polar surface area (TPSA) is 62.8 Å². The Morgan fingerprint density at radius 2 is 1.92 bits per heavy atom. The number of aryl methyl sites for hydroxylation is 1. The molecule has 0 saturated carbocycles. The van der Waals surface area contributed by atoms with Crippen LogP contribution in [0.4, 0.5) is 4.39 Å². The number of fused-ring (bicyclic) bond motifs is 1. The summed E-state index contributed by atoms with van der Waals surface area (Å²) < 4.78 is 39.8. The zero-order valence-corrected chi connectivity index (χ0v) is 15.5. The second-order valence-electron chi connectivity index (χ2n) is 6.00. The Balaban J connectivity index is 1.80. The Hall–Kier alpha value is -2.51. The SMILES string of the molecule is Cc1[nH]c2ccc(F)cc2c1Cc1ncsc1S(=O)(=O)c1ccccc1. The van der Waals surface area contributed by atoms with Gasteiger partial charge in [-0.1, -0.05) is 18.2 Å². The molecule has 0 spiro atoms. The van der Waals surface area contributed by atoms with E-state index in [4.69, 9.17) is 0 Å². The highest BCUT2D eigenvalue weighted by Gasteiger charge is 2.25. The minimum atomic E-state index is -3.63. The van der Waals surface area contributed by atoms with Gasteiger partial charge < -0.3 is 4.98 Å². The molecular formula is C19H15FN2O2S2. The number of thiazole rings is 1. The number of rotatable bonds is 4. The van der Waals surface area contributed by atoms with Crippen LogP contribution in [-0.4, -0.2) is 18.4 Å². The van der Waals surface area contributed by atoms with E-state index in [0.29, 0.717) is 12.1 Å². The van der Waals surface area contributed by atoms with E-state index in [0.717, 1.165) is 33.5 Å². The first-order valence-electron chi connectivity index (χ1n) is 7.96. The van der Waals surface area contributed by atoms with Gasteiger partial charge in [0.05, 0.1) is 16.1 Å². The first-order chi connectivity index (χ1) is 12.5. The zero-order valence-electron chi connectivity index (χ0n) is 13.9. The van der Waals surface area contributed by atoms with Crippen molar-refractivity contribution in [3.05, 3.63) is 76.8 Å². The Labute approximate surface area is 154 Å². The number of hydrogen-bond acceptors (Lipinski definition) is 4. The first kappa shape index (κ1) is 16.9. The van der Waals surface area contributed by atoms with E-state index in [1.54, 1.807) is 36.4 Å². The van der Waals surface area contributed by atoms with Gasteiger partial charge in [-0.25, -0.2) is 17.8 Å². The van der Waals surface area contributed by atoms with Crippen LogP contribution >= 0.6 is 11.3 Å². The fraction of sp³-hybridized carbons (Fsp3) is 0.105. The van der Waals surface area contributed by atoms with Crippen molar-refractivity contribution in [3.8, 4) is 0 Å². The lowest BCUT2D eigenvalue weighted by Gasteiger charge is -2.05. The summed E-state index contributed by atoms with van der Waals surface area (Å²) in [6.07, 6.45) is 0.320. The highest BCUT2D eigenvalue weighted by molar-refractivity contribution is 7.93. The Morgan fingerprint density at radius 3 is 2.69 bits per heavy atom. The molecule has 4 rings (SSSR count). The second kappa shape index (κ2) is 6.34. The van der Waals surface area contributed by atoms with E-state index in [1.165, 1.54) is 17.6 Å². The minimum absolute atomic E-state index is 0.230. The molecule has 2 heterocycles. The van der Waals surface area contributed by atoms with Crippen LogP contribution in [0.1, 0.15) is 17.0 Å². The lowest BCUT2D eigenvalue weighted by molar-refractivity contribution is 0.597. The molecule has 0 unspecified atom stereocenters. The van der Waals surface area contributed by atoms with Gasteiger partial charge in [-0.05, 0) is 42.8 Å². The van der Waals surface area contributed by atoms with Crippen molar-refractivity contribution in [3.63, 3.8) is 0 Å². The quantitative estimate of drug-likeness (QED) is 0.562. The summed E-state index contributed by atoms with van der Waals surface area (Å²) in [4.78, 5) is 7.74. The van der Waals surface area contributed by atoms with E-state index in [9.17, 15) is 12.8 Å². The molecule has 0 saturated heterocycles. The molecule has 0 atom stereocenters. The van der Waals surface area contributed by atoms with Gasteiger partial charge in [-0.3, -0.25) is 0 Å². The van der Waals surface area contributed by atoms with Crippen molar-refractivity contribution >= 4 is 32.1 Å². The normalized spacial score (nSPS) is 11.9. The molecule has 2 aromatic heterocycles. The van der Waals surface area contributed by atoms with Gasteiger partial charge in [0.1, 0.15) is 10.0 Å². The van der Waals surface area contributed by atoms with Gasteiger partial charge in [0.25, 0.3) is 0 Å². The first-order valence-corrected chi connectivity index (χ1v) is 10.3. The molecule has 1 N–H and O–H groups in total. The number of halogens is 1. The molecule has 0 bridgehead atoms. The van der Waals surface area contributed by atoms with Crippen molar-refractivity contribution in [1.82, 2.24) is 9.97 Å². The van der Waals surface area contributed by atoms with E-state index in [-0.39, 0.29) is 14.9 Å². The molecule has 132 valence electrons. The summed E-state index contributed by atoms with van der Waals surface area (Å²) in [5.74, 6) is -0.326. The maximum absolute atomic E-state index is 13.7. The van der Waals surface area contributed by atoms with Crippen LogP contribution < -0.4 is 0 Å². The molecule has 0 amide bonds. The number of nitrogens with zero attached hydrogens (tertiary/aromatic N) is 1. The predicted octanol–water partition coefficient (Wildman–Crippen LogP) is 4.50. The van der Waals surface area contributed by atoms with Gasteiger partial charge in [-0.2, -0.15) is 0 Å². The molecule has 0 aliphatic rings. The summed E-state index contributed by atoms with van der Waals surface area (Å²) in [6, 6.07) is 12.9. The predicted molar refractivity (Wildman–Crippen MR) is 99.8 cm³/mol. The summed E-state index contributed by atoms with van der Waals surface area (Å²) >= 11 is 1.10. The Bertz CT molecular complexity index is 1190. The van der Waals surface area contributed by atoms with Gasteiger partial charge in [0.2, 0.25) is 9.84 Å². The highest BCUT2D eigenvalue weighted by Crippen LogP contribution is 2.31. The third-order valence-electron chi connectivity index (χ3n) is 4.33. The van der Waals surface area contributed by atoms with E-state index >= 15 is 0 Å². The summed E-state index contributed by atoms with van der Waals surface area (Å²) in [7, 11) is -3.63. The number of benzene rings is 2. The average Bonchev–Trinajstić information content (AvgIpc) is 3.22. The van der Waals surface area contributed by atoms with Crippen molar-refractivity contribution in [1.29, 1.82) is 0 Å². The second-order valence-corrected chi connectivity index (χ2v) is 9.00. The summed E-state index contributed by atoms with van der Waals surface area (Å²) in [5, 5.41) is 0.749. The number of sulfone groups is 1. The molecule has 0 aliphatic carbocycles. The molecule has 26 heavy (non-hydrogen) atoms. The van der Waals surface area contributed by atoms with Gasteiger partial charge >= 0.3 is 0 Å². The van der Waals surface area contributed by atoms with Crippen LogP contribution in [0, 0.1) is 12.7 Å². The maximum atomic E-state index is 13.7. The molecule has 2 aromatic carbocycles. The largest absolute Gasteiger partial charge is 0.358 e. The standard InChI is InChI=1S/C19H15FN2O2S2/c1-12-15(16-9-13(20)7-8-17(16)22-12)10-18-19(25-11-21-18)26(23,24)14-5-3-2-4-6-14/h2-9,11,22H,10H2,1H3. The number of aromatic amines is 1. The lowest BCUT2D eigenvalue weighted by Crippen LogP contribution is -2.04. The van der Waals surface area contributed by atoms with Crippen LogP contribution in [0.25, 0.3) is 10.9 Å². The fourth-order valence-corrected chi connectivity index (χ4v) is 5.68. The Morgan fingerprint density at radius 1 is 1.15 bits per heavy atom. The van der Waals surface area contributed by atoms with Crippen LogP contribution in [0.15, 0.2) is 63.1 Å². The molecule has 0 radical (unpaired) electrons. The van der Waals surface area contributed by atoms with Crippen LogP contribution in [0.3, 0.4) is 0 Å². The smallest absolute Gasteiger partial charge is 0.217 e. The maximum Gasteiger partial charge on any atom is 0.217 e. The minimum Gasteiger partial charge on any atom is -0.358 e. The number of H-pyrrole nitrogens is 1. The van der Waals surface area contributed by atoms with Crippen LogP contribution in [-0.2, 0) is 16.3 Å². The van der Waals surface area contributed by atoms with Crippen molar-refractivity contribution in [2.45, 2.75) is 22.4 Å². The number of hydrogen-bond donors (Lipinski definition) is 1. The van der Waals surface area contributed by atoms with Crippen LogP contribution in [0.2, 0.25) is 0 Å². The summed E-state index contributed by atoms with van der Waals surface area (Å²) in [6.45, 7) is 1.89. The number of nitrogens with one attached hydrogen (secondary N) is 1. The van der Waals surface area contributed by atoms with Crippen molar-refractivity contribution in [2.75, 3.05) is 0 Å². The molecule has 4 nitrogen and oxygen atoms in total. The van der Waals surface area contributed by atoms with E-state index in [1.807, 2.05) is 6.92 Å². The monoisotopic (exact) mass is 386 g/mol. The molecule has 4 aromatic rings. The fourth-order valence-electron chi connectivity index (χ4n) is 3.05. The van der Waals surface area contributed by atoms with Gasteiger partial charge in [0.15, 0.2) is 0 Å². The molecular weight excluding hydrogens is 371 g/mol. The number of aromatic nitrogens is 2. The van der Waals surface area contributed by atoms with Crippen molar-refractivity contribution in [2.24, 2.45) is 0 Å². The Kier molecular flexibility index (Phi) is 4.13. The third kappa shape index (κ3) is 2.83. The highest BCUT2D eigenvalue weighted by atomic mass is 32.2. The zero-order chi connectivity index (χ0) is 18.3. The van der Waals surface area contributed by atoms with Crippen molar-refractivity contribution < 1.29 is 12.8 Å². The van der Waals surface area contributed by atoms with Gasteiger partial charge in [0, 0.05) is 23.0 Å². The van der Waals surface area contributed by atoms with Crippen LogP contribution in [0.5, 0.6) is 0 Å². The molecule has 0 fully saturated rings. The average molecular weight is 386 g/mol. The summed E-state index contributed by atoms with van der Waals surface area (Å²) in [5.41, 5.74) is 4.57. The third-order valence-corrected chi connectivity index (χ3v) is 7.55. The lowest BCUT2D eigenvalue weighted by atomic mass is 10.1. The molecule has 0 aliphatic heterocycles.